The molecule has 3 rings (SSSR count). The number of anilines is 1. The van der Waals surface area contributed by atoms with Crippen molar-refractivity contribution in [2.24, 2.45) is 0 Å². The normalized spacial score (nSPS) is 18.0. The van der Waals surface area contributed by atoms with E-state index in [2.05, 4.69) is 15.9 Å². The van der Waals surface area contributed by atoms with Gasteiger partial charge in [-0.05, 0) is 47.0 Å². The number of nitrogens with zero attached hydrogens (tertiary/aromatic N) is 1. The summed E-state index contributed by atoms with van der Waals surface area (Å²) in [6.45, 7) is 1.75. The third kappa shape index (κ3) is 2.42. The third-order valence-electron chi connectivity index (χ3n) is 3.54. The third-order valence-corrected chi connectivity index (χ3v) is 7.71. The number of benzene rings is 1. The Kier molecular flexibility index (Phi) is 3.85. The molecule has 0 radical (unpaired) electrons. The molecule has 1 aliphatic heterocycles. The smallest absolute Gasteiger partial charge is 0.266 e. The molecule has 1 aliphatic rings. The van der Waals surface area contributed by atoms with E-state index in [0.29, 0.717) is 15.1 Å². The van der Waals surface area contributed by atoms with Crippen LogP contribution in [-0.2, 0) is 23.1 Å². The topological polar surface area (TPSA) is 57.6 Å². The van der Waals surface area contributed by atoms with Crippen molar-refractivity contribution in [3.05, 3.63) is 44.6 Å². The van der Waals surface area contributed by atoms with Gasteiger partial charge in [0, 0.05) is 10.9 Å². The van der Waals surface area contributed by atoms with Crippen molar-refractivity contribution in [3.8, 4) is 0 Å². The summed E-state index contributed by atoms with van der Waals surface area (Å²) in [6, 6.07) is 8.99. The quantitative estimate of drug-likeness (QED) is 0.879. The van der Waals surface area contributed by atoms with E-state index >= 15 is 0 Å². The maximum Gasteiger partial charge on any atom is 0.266 e. The average Bonchev–Trinajstić information content (AvgIpc) is 2.98. The zero-order valence-electron chi connectivity index (χ0n) is 11.3. The van der Waals surface area contributed by atoms with Crippen LogP contribution in [0.3, 0.4) is 0 Å². The number of rotatable bonds is 3. The van der Waals surface area contributed by atoms with Crippen LogP contribution in [0.1, 0.15) is 17.4 Å². The lowest BCUT2D eigenvalue weighted by Gasteiger charge is -2.24. The van der Waals surface area contributed by atoms with Gasteiger partial charge in [0.15, 0.2) is 0 Å². The maximum absolute atomic E-state index is 13.0. The molecule has 0 spiro atoms. The van der Waals surface area contributed by atoms with Gasteiger partial charge in [-0.2, -0.15) is 0 Å². The van der Waals surface area contributed by atoms with Crippen LogP contribution in [0.25, 0.3) is 0 Å². The molecule has 7 heteroatoms. The van der Waals surface area contributed by atoms with Crippen molar-refractivity contribution in [3.63, 3.8) is 0 Å². The zero-order valence-corrected chi connectivity index (χ0v) is 14.5. The highest BCUT2D eigenvalue weighted by molar-refractivity contribution is 9.11. The first-order valence-corrected chi connectivity index (χ1v) is 9.51. The highest BCUT2D eigenvalue weighted by atomic mass is 79.9. The second kappa shape index (κ2) is 5.39. The van der Waals surface area contributed by atoms with E-state index in [4.69, 9.17) is 0 Å². The number of fused-ring (bicyclic) bond motifs is 1. The first-order valence-electron chi connectivity index (χ1n) is 6.46. The van der Waals surface area contributed by atoms with Gasteiger partial charge < -0.3 is 5.11 Å². The summed E-state index contributed by atoms with van der Waals surface area (Å²) < 4.78 is 28.0. The molecule has 0 saturated carbocycles. The molecule has 2 heterocycles. The van der Waals surface area contributed by atoms with E-state index < -0.39 is 10.0 Å². The molecule has 1 aromatic heterocycles. The van der Waals surface area contributed by atoms with Gasteiger partial charge in [0.05, 0.1) is 16.1 Å². The number of hydrogen-bond acceptors (Lipinski definition) is 4. The van der Waals surface area contributed by atoms with Crippen molar-refractivity contribution in [1.29, 1.82) is 0 Å². The average molecular weight is 388 g/mol. The minimum Gasteiger partial charge on any atom is -0.391 e. The van der Waals surface area contributed by atoms with Crippen LogP contribution in [0.5, 0.6) is 0 Å². The van der Waals surface area contributed by atoms with Crippen LogP contribution in [0.2, 0.25) is 0 Å². The van der Waals surface area contributed by atoms with Crippen molar-refractivity contribution < 1.29 is 13.5 Å². The minimum atomic E-state index is -3.64. The van der Waals surface area contributed by atoms with Crippen LogP contribution in [0, 0.1) is 0 Å². The largest absolute Gasteiger partial charge is 0.391 e. The van der Waals surface area contributed by atoms with Gasteiger partial charge in [0.2, 0.25) is 0 Å². The Morgan fingerprint density at radius 3 is 2.81 bits per heavy atom. The molecule has 0 aliphatic carbocycles. The monoisotopic (exact) mass is 387 g/mol. The van der Waals surface area contributed by atoms with Gasteiger partial charge in [0.25, 0.3) is 10.0 Å². The lowest BCUT2D eigenvalue weighted by molar-refractivity contribution is 0.285. The van der Waals surface area contributed by atoms with Crippen LogP contribution in [-0.4, -0.2) is 19.6 Å². The summed E-state index contributed by atoms with van der Waals surface area (Å²) in [5, 5.41) is 9.20. The highest BCUT2D eigenvalue weighted by Crippen LogP contribution is 2.40. The fraction of sp³-hybridized carbons (Fsp3) is 0.286. The first kappa shape index (κ1) is 15.0. The van der Waals surface area contributed by atoms with Gasteiger partial charge in [-0.15, -0.1) is 11.3 Å². The van der Waals surface area contributed by atoms with Gasteiger partial charge in [-0.1, -0.05) is 18.2 Å². The fourth-order valence-corrected chi connectivity index (χ4v) is 6.85. The van der Waals surface area contributed by atoms with Crippen LogP contribution in [0.15, 0.2) is 39.0 Å². The standard InChI is InChI=1S/C14H14BrNO3S2/c1-9-6-10-4-2-3-5-12(10)16(9)21(18,19)13-7-11(8-17)20-14(13)15/h2-5,7,9,17H,6,8H2,1H3. The lowest BCUT2D eigenvalue weighted by atomic mass is 10.1. The van der Waals surface area contributed by atoms with E-state index in [0.717, 1.165) is 11.3 Å². The van der Waals surface area contributed by atoms with Gasteiger partial charge in [-0.25, -0.2) is 8.42 Å². The summed E-state index contributed by atoms with van der Waals surface area (Å²) >= 11 is 4.55. The summed E-state index contributed by atoms with van der Waals surface area (Å²) in [4.78, 5) is 0.848. The number of aliphatic hydroxyl groups is 1. The Morgan fingerprint density at radius 2 is 2.14 bits per heavy atom. The van der Waals surface area contributed by atoms with Gasteiger partial charge in [-0.3, -0.25) is 4.31 Å². The second-order valence-electron chi connectivity index (χ2n) is 4.99. The van der Waals surface area contributed by atoms with Crippen LogP contribution in [0.4, 0.5) is 5.69 Å². The molecule has 21 heavy (non-hydrogen) atoms. The number of aliphatic hydroxyl groups excluding tert-OH is 1. The molecular weight excluding hydrogens is 374 g/mol. The SMILES string of the molecule is CC1Cc2ccccc2N1S(=O)(=O)c1cc(CO)sc1Br. The molecule has 112 valence electrons. The number of para-hydroxylation sites is 1. The van der Waals surface area contributed by atoms with Crippen molar-refractivity contribution >= 4 is 43.0 Å². The Morgan fingerprint density at radius 1 is 1.43 bits per heavy atom. The summed E-state index contributed by atoms with van der Waals surface area (Å²) in [7, 11) is -3.64. The summed E-state index contributed by atoms with van der Waals surface area (Å²) in [5.74, 6) is 0. The van der Waals surface area contributed by atoms with Crippen molar-refractivity contribution in [2.45, 2.75) is 30.9 Å². The molecule has 1 aromatic carbocycles. The molecule has 1 unspecified atom stereocenters. The Bertz CT molecular complexity index is 785. The van der Waals surface area contributed by atoms with Crippen LogP contribution < -0.4 is 4.31 Å². The Labute approximate surface area is 136 Å². The minimum absolute atomic E-state index is 0.114. The second-order valence-corrected chi connectivity index (χ2v) is 9.23. The summed E-state index contributed by atoms with van der Waals surface area (Å²) in [5.41, 5.74) is 1.79. The number of hydrogen-bond donors (Lipinski definition) is 1. The number of thiophene rings is 1. The fourth-order valence-electron chi connectivity index (χ4n) is 2.66. The van der Waals surface area contributed by atoms with Crippen molar-refractivity contribution in [1.82, 2.24) is 0 Å². The number of halogens is 1. The molecule has 0 bridgehead atoms. The first-order chi connectivity index (χ1) is 9.95. The predicted octanol–water partition coefficient (Wildman–Crippen LogP) is 3.14. The lowest BCUT2D eigenvalue weighted by Crippen LogP contribution is -2.35. The van der Waals surface area contributed by atoms with E-state index in [9.17, 15) is 13.5 Å². The van der Waals surface area contributed by atoms with Gasteiger partial charge in [0.1, 0.15) is 4.90 Å². The van der Waals surface area contributed by atoms with E-state index in [1.165, 1.54) is 21.7 Å². The zero-order chi connectivity index (χ0) is 15.2. The Hall–Kier alpha value is -0.890. The molecule has 0 fully saturated rings. The van der Waals surface area contributed by atoms with Gasteiger partial charge >= 0.3 is 0 Å². The Balaban J connectivity index is 2.12. The van der Waals surface area contributed by atoms with E-state index in [1.54, 1.807) is 0 Å². The number of sulfonamides is 1. The molecule has 4 nitrogen and oxygen atoms in total. The highest BCUT2D eigenvalue weighted by Gasteiger charge is 2.37. The predicted molar refractivity (Wildman–Crippen MR) is 87.2 cm³/mol. The van der Waals surface area contributed by atoms with E-state index in [1.807, 2.05) is 31.2 Å². The molecule has 1 atom stereocenters. The molecule has 1 N–H and O–H groups in total. The van der Waals surface area contributed by atoms with E-state index in [-0.39, 0.29) is 17.5 Å². The molecular formula is C14H14BrNO3S2. The van der Waals surface area contributed by atoms with Crippen LogP contribution >= 0.6 is 27.3 Å². The molecule has 0 saturated heterocycles. The maximum atomic E-state index is 13.0. The molecule has 0 amide bonds. The van der Waals surface area contributed by atoms with Crippen molar-refractivity contribution in [2.75, 3.05) is 4.31 Å². The molecule has 2 aromatic rings. The summed E-state index contributed by atoms with van der Waals surface area (Å²) in [6.07, 6.45) is 0.712.